The highest BCUT2D eigenvalue weighted by atomic mass is 32.1. The summed E-state index contributed by atoms with van der Waals surface area (Å²) in [5, 5.41) is 5.94. The molecule has 1 aliphatic heterocycles. The predicted molar refractivity (Wildman–Crippen MR) is 95.5 cm³/mol. The fourth-order valence-corrected chi connectivity index (χ4v) is 3.99. The molecule has 0 bridgehead atoms. The van der Waals surface area contributed by atoms with Gasteiger partial charge >= 0.3 is 0 Å². The van der Waals surface area contributed by atoms with Crippen molar-refractivity contribution in [3.05, 3.63) is 41.2 Å². The van der Waals surface area contributed by atoms with Crippen LogP contribution in [0.2, 0.25) is 0 Å². The molecule has 1 saturated heterocycles. The molecular formula is C18H20N4O3S. The van der Waals surface area contributed by atoms with E-state index in [1.54, 1.807) is 11.3 Å². The summed E-state index contributed by atoms with van der Waals surface area (Å²) in [6.45, 7) is 2.55. The molecule has 4 heterocycles. The van der Waals surface area contributed by atoms with Crippen molar-refractivity contribution >= 4 is 17.2 Å². The molecule has 0 unspecified atom stereocenters. The maximum Gasteiger partial charge on any atom is 0.236 e. The van der Waals surface area contributed by atoms with Gasteiger partial charge < -0.3 is 13.8 Å². The third kappa shape index (κ3) is 3.41. The van der Waals surface area contributed by atoms with E-state index < -0.39 is 0 Å². The van der Waals surface area contributed by atoms with Crippen LogP contribution >= 0.6 is 11.3 Å². The number of likely N-dealkylation sites (tertiary alicyclic amines) is 1. The van der Waals surface area contributed by atoms with Crippen LogP contribution in [-0.4, -0.2) is 32.5 Å². The van der Waals surface area contributed by atoms with Gasteiger partial charge in [-0.1, -0.05) is 24.1 Å². The second kappa shape index (κ2) is 7.41. The van der Waals surface area contributed by atoms with Gasteiger partial charge in [0.15, 0.2) is 5.82 Å². The molecule has 1 atom stereocenters. The number of amides is 1. The number of hydrogen-bond acceptors (Lipinski definition) is 7. The van der Waals surface area contributed by atoms with Crippen LogP contribution in [0.1, 0.15) is 49.0 Å². The molecule has 136 valence electrons. The van der Waals surface area contributed by atoms with Gasteiger partial charge in [-0.25, -0.2) is 4.98 Å². The van der Waals surface area contributed by atoms with Crippen molar-refractivity contribution < 1.29 is 13.7 Å². The van der Waals surface area contributed by atoms with E-state index in [0.717, 1.165) is 30.6 Å². The second-order valence-electron chi connectivity index (χ2n) is 6.42. The molecule has 7 nitrogen and oxygen atoms in total. The molecule has 4 rings (SSSR count). The Morgan fingerprint density at radius 3 is 3.08 bits per heavy atom. The zero-order chi connectivity index (χ0) is 17.9. The number of aromatic nitrogens is 3. The van der Waals surface area contributed by atoms with Crippen molar-refractivity contribution in [1.82, 2.24) is 20.0 Å². The Bertz CT molecular complexity index is 857. The maximum atomic E-state index is 13.0. The zero-order valence-corrected chi connectivity index (χ0v) is 15.4. The highest BCUT2D eigenvalue weighted by molar-refractivity contribution is 7.13. The monoisotopic (exact) mass is 372 g/mol. The smallest absolute Gasteiger partial charge is 0.236 e. The molecule has 0 spiro atoms. The summed E-state index contributed by atoms with van der Waals surface area (Å²) in [5.74, 6) is 1.87. The number of carbonyl (C=O) groups is 1. The Labute approximate surface area is 155 Å². The average Bonchev–Trinajstić information content (AvgIpc) is 3.36. The van der Waals surface area contributed by atoms with E-state index in [9.17, 15) is 4.79 Å². The minimum absolute atomic E-state index is 0.0239. The van der Waals surface area contributed by atoms with E-state index in [1.165, 1.54) is 6.39 Å². The fourth-order valence-electron chi connectivity index (χ4n) is 3.34. The van der Waals surface area contributed by atoms with Crippen LogP contribution in [0.15, 0.2) is 32.8 Å². The lowest BCUT2D eigenvalue weighted by atomic mass is 10.1. The molecule has 1 aliphatic rings. The number of carbonyl (C=O) groups excluding carboxylic acids is 1. The number of hydrogen-bond donors (Lipinski definition) is 0. The van der Waals surface area contributed by atoms with Gasteiger partial charge in [-0.3, -0.25) is 4.79 Å². The molecule has 8 heteroatoms. The van der Waals surface area contributed by atoms with E-state index in [4.69, 9.17) is 8.94 Å². The second-order valence-corrected chi connectivity index (χ2v) is 7.37. The SMILES string of the molecule is Cc1oc(-c2cccs2)nc1CC(=O)N1CCCCC[C@@H]1c1ncon1. The number of thiophene rings is 1. The van der Waals surface area contributed by atoms with E-state index in [-0.39, 0.29) is 18.4 Å². The van der Waals surface area contributed by atoms with E-state index in [0.29, 0.717) is 29.7 Å². The molecule has 3 aromatic rings. The maximum absolute atomic E-state index is 13.0. The summed E-state index contributed by atoms with van der Waals surface area (Å²) in [6, 6.07) is 3.78. The van der Waals surface area contributed by atoms with Crippen LogP contribution in [0.3, 0.4) is 0 Å². The van der Waals surface area contributed by atoms with Crippen LogP contribution < -0.4 is 0 Å². The van der Waals surface area contributed by atoms with Crippen LogP contribution in [-0.2, 0) is 11.2 Å². The third-order valence-electron chi connectivity index (χ3n) is 4.69. The zero-order valence-electron chi connectivity index (χ0n) is 14.6. The summed E-state index contributed by atoms with van der Waals surface area (Å²) in [4.78, 5) is 24.6. The average molecular weight is 372 g/mol. The minimum atomic E-state index is -0.132. The van der Waals surface area contributed by atoms with Gasteiger partial charge in [-0.2, -0.15) is 4.98 Å². The molecule has 26 heavy (non-hydrogen) atoms. The van der Waals surface area contributed by atoms with Gasteiger partial charge in [-0.15, -0.1) is 11.3 Å². The number of rotatable bonds is 4. The first kappa shape index (κ1) is 17.0. The Morgan fingerprint density at radius 2 is 2.31 bits per heavy atom. The van der Waals surface area contributed by atoms with Crippen molar-refractivity contribution in [1.29, 1.82) is 0 Å². The minimum Gasteiger partial charge on any atom is -0.440 e. The topological polar surface area (TPSA) is 85.3 Å². The lowest BCUT2D eigenvalue weighted by Crippen LogP contribution is -2.36. The highest BCUT2D eigenvalue weighted by Gasteiger charge is 2.30. The van der Waals surface area contributed by atoms with Crippen LogP contribution in [0.25, 0.3) is 10.8 Å². The molecule has 1 fully saturated rings. The fraction of sp³-hybridized carbons (Fsp3) is 0.444. The molecule has 0 aliphatic carbocycles. The number of aryl methyl sites for hydroxylation is 1. The normalized spacial score (nSPS) is 18.0. The lowest BCUT2D eigenvalue weighted by Gasteiger charge is -2.27. The van der Waals surface area contributed by atoms with E-state index in [1.807, 2.05) is 29.3 Å². The van der Waals surface area contributed by atoms with Gasteiger partial charge in [0, 0.05) is 6.54 Å². The first-order chi connectivity index (χ1) is 12.7. The number of nitrogens with zero attached hydrogens (tertiary/aromatic N) is 4. The Morgan fingerprint density at radius 1 is 1.38 bits per heavy atom. The standard InChI is InChI=1S/C18H20N4O3S/c1-12-13(20-18(25-12)15-7-5-9-26-15)10-16(23)22-8-4-2-3-6-14(22)17-19-11-24-21-17/h5,7,9,11,14H,2-4,6,8,10H2,1H3/t14-/m1/s1. The largest absolute Gasteiger partial charge is 0.440 e. The van der Waals surface area contributed by atoms with Crippen LogP contribution in [0.4, 0.5) is 0 Å². The summed E-state index contributed by atoms with van der Waals surface area (Å²) in [6.07, 6.45) is 5.52. The van der Waals surface area contributed by atoms with Crippen molar-refractivity contribution in [2.24, 2.45) is 0 Å². The first-order valence-electron chi connectivity index (χ1n) is 8.78. The summed E-state index contributed by atoms with van der Waals surface area (Å²) >= 11 is 1.57. The van der Waals surface area contributed by atoms with E-state index in [2.05, 4.69) is 15.1 Å². The Kier molecular flexibility index (Phi) is 4.83. The van der Waals surface area contributed by atoms with Gasteiger partial charge in [0.1, 0.15) is 5.76 Å². The van der Waals surface area contributed by atoms with Crippen molar-refractivity contribution in [2.45, 2.75) is 45.1 Å². The molecule has 0 radical (unpaired) electrons. The lowest BCUT2D eigenvalue weighted by molar-refractivity contribution is -0.133. The van der Waals surface area contributed by atoms with Crippen LogP contribution in [0.5, 0.6) is 0 Å². The molecule has 0 saturated carbocycles. The molecular weight excluding hydrogens is 352 g/mol. The molecule has 0 aromatic carbocycles. The summed E-state index contributed by atoms with van der Waals surface area (Å²) in [5.41, 5.74) is 0.689. The van der Waals surface area contributed by atoms with Gasteiger partial charge in [0.05, 0.1) is 23.0 Å². The quantitative estimate of drug-likeness (QED) is 0.693. The van der Waals surface area contributed by atoms with Gasteiger partial charge in [0.2, 0.25) is 18.2 Å². The number of oxazole rings is 1. The van der Waals surface area contributed by atoms with Gasteiger partial charge in [-0.05, 0) is 31.2 Å². The molecule has 0 N–H and O–H groups in total. The van der Waals surface area contributed by atoms with Crippen molar-refractivity contribution in [3.63, 3.8) is 0 Å². The van der Waals surface area contributed by atoms with Gasteiger partial charge in [0.25, 0.3) is 0 Å². The van der Waals surface area contributed by atoms with Crippen LogP contribution in [0, 0.1) is 6.92 Å². The molecule has 1 amide bonds. The molecule has 3 aromatic heterocycles. The Balaban J connectivity index is 1.54. The van der Waals surface area contributed by atoms with Crippen molar-refractivity contribution in [2.75, 3.05) is 6.54 Å². The Hall–Kier alpha value is -2.48. The first-order valence-corrected chi connectivity index (χ1v) is 9.66. The summed E-state index contributed by atoms with van der Waals surface area (Å²) in [7, 11) is 0. The summed E-state index contributed by atoms with van der Waals surface area (Å²) < 4.78 is 10.7. The van der Waals surface area contributed by atoms with E-state index >= 15 is 0 Å². The highest BCUT2D eigenvalue weighted by Crippen LogP contribution is 2.30. The van der Waals surface area contributed by atoms with Crippen molar-refractivity contribution in [3.8, 4) is 10.8 Å². The predicted octanol–water partition coefficient (Wildman–Crippen LogP) is 3.78. The third-order valence-corrected chi connectivity index (χ3v) is 5.55.